The molecular weight excluding hydrogens is 358 g/mol. The molecule has 2 amide bonds. The van der Waals surface area contributed by atoms with Gasteiger partial charge in [0.1, 0.15) is 0 Å². The number of allylic oxidation sites excluding steroid dienone is 2. The predicted octanol–water partition coefficient (Wildman–Crippen LogP) is 2.77. The summed E-state index contributed by atoms with van der Waals surface area (Å²) in [5, 5.41) is 0. The Morgan fingerprint density at radius 3 is 2.25 bits per heavy atom. The van der Waals surface area contributed by atoms with E-state index in [0.717, 1.165) is 6.42 Å². The van der Waals surface area contributed by atoms with Gasteiger partial charge in [0.2, 0.25) is 11.8 Å². The molecule has 4 rings (SSSR count). The molecule has 4 atom stereocenters. The summed E-state index contributed by atoms with van der Waals surface area (Å²) in [4.78, 5) is 51.3. The van der Waals surface area contributed by atoms with E-state index in [4.69, 9.17) is 4.74 Å². The largest absolute Gasteiger partial charge is 0.454 e. The van der Waals surface area contributed by atoms with E-state index in [-0.39, 0.29) is 53.4 Å². The number of amides is 2. The third kappa shape index (κ3) is 2.87. The number of anilines is 1. The Kier molecular flexibility index (Phi) is 4.25. The van der Waals surface area contributed by atoms with Gasteiger partial charge in [0.25, 0.3) is 0 Å². The van der Waals surface area contributed by atoms with Crippen LogP contribution in [0.3, 0.4) is 0 Å². The van der Waals surface area contributed by atoms with Gasteiger partial charge < -0.3 is 4.74 Å². The number of esters is 1. The van der Waals surface area contributed by atoms with Gasteiger partial charge in [-0.1, -0.05) is 39.0 Å². The minimum atomic E-state index is -0.652. The van der Waals surface area contributed by atoms with Crippen LogP contribution >= 0.6 is 0 Å². The number of imide groups is 1. The SMILES string of the molecule is CC(C)(C)C(=O)COC(=O)c1cccc(N2C(=O)[C@@H]3[C@H](C2=O)[C@@H]2C=C[C@H]3C2)c1. The highest BCUT2D eigenvalue weighted by molar-refractivity contribution is 6.23. The minimum absolute atomic E-state index is 0.132. The first-order valence-electron chi connectivity index (χ1n) is 9.55. The number of benzene rings is 1. The molecule has 1 saturated heterocycles. The molecule has 0 aromatic heterocycles. The molecule has 0 unspecified atom stereocenters. The number of carbonyl (C=O) groups is 4. The molecule has 6 nitrogen and oxygen atoms in total. The fraction of sp³-hybridized carbons (Fsp3) is 0.455. The van der Waals surface area contributed by atoms with Gasteiger partial charge in [0.05, 0.1) is 23.1 Å². The van der Waals surface area contributed by atoms with Crippen molar-refractivity contribution in [2.24, 2.45) is 29.1 Å². The van der Waals surface area contributed by atoms with Crippen molar-refractivity contribution in [1.29, 1.82) is 0 Å². The monoisotopic (exact) mass is 381 g/mol. The molecule has 2 aliphatic carbocycles. The molecule has 2 fully saturated rings. The summed E-state index contributed by atoms with van der Waals surface area (Å²) in [7, 11) is 0. The summed E-state index contributed by atoms with van der Waals surface area (Å²) in [5.74, 6) is -1.54. The predicted molar refractivity (Wildman–Crippen MR) is 101 cm³/mol. The Morgan fingerprint density at radius 1 is 1.07 bits per heavy atom. The molecule has 28 heavy (non-hydrogen) atoms. The summed E-state index contributed by atoms with van der Waals surface area (Å²) in [6.45, 7) is 4.96. The quantitative estimate of drug-likeness (QED) is 0.455. The molecule has 0 spiro atoms. The van der Waals surface area contributed by atoms with Crippen molar-refractivity contribution in [3.05, 3.63) is 42.0 Å². The first-order chi connectivity index (χ1) is 13.2. The van der Waals surface area contributed by atoms with Gasteiger partial charge in [-0.15, -0.1) is 0 Å². The highest BCUT2D eigenvalue weighted by atomic mass is 16.5. The van der Waals surface area contributed by atoms with Crippen molar-refractivity contribution >= 4 is 29.3 Å². The van der Waals surface area contributed by atoms with Gasteiger partial charge >= 0.3 is 5.97 Å². The average Bonchev–Trinajstić information content (AvgIpc) is 3.32. The minimum Gasteiger partial charge on any atom is -0.454 e. The van der Waals surface area contributed by atoms with Crippen molar-refractivity contribution < 1.29 is 23.9 Å². The molecule has 2 bridgehead atoms. The molecule has 0 N–H and O–H groups in total. The number of nitrogens with zero attached hydrogens (tertiary/aromatic N) is 1. The lowest BCUT2D eigenvalue weighted by atomic mass is 9.85. The Morgan fingerprint density at radius 2 is 1.68 bits per heavy atom. The van der Waals surface area contributed by atoms with Gasteiger partial charge in [-0.05, 0) is 36.5 Å². The van der Waals surface area contributed by atoms with Crippen LogP contribution in [0.2, 0.25) is 0 Å². The van der Waals surface area contributed by atoms with Crippen LogP contribution in [0.15, 0.2) is 36.4 Å². The van der Waals surface area contributed by atoms with Gasteiger partial charge in [-0.25, -0.2) is 9.69 Å². The van der Waals surface area contributed by atoms with E-state index >= 15 is 0 Å². The fourth-order valence-electron chi connectivity index (χ4n) is 4.36. The normalized spacial score (nSPS) is 28.0. The van der Waals surface area contributed by atoms with Crippen molar-refractivity contribution in [2.75, 3.05) is 11.5 Å². The van der Waals surface area contributed by atoms with Crippen molar-refractivity contribution in [3.63, 3.8) is 0 Å². The summed E-state index contributed by atoms with van der Waals surface area (Å²) >= 11 is 0. The fourth-order valence-corrected chi connectivity index (χ4v) is 4.36. The van der Waals surface area contributed by atoms with Crippen molar-refractivity contribution in [1.82, 2.24) is 0 Å². The zero-order chi connectivity index (χ0) is 20.2. The molecule has 1 aromatic rings. The van der Waals surface area contributed by atoms with Crippen LogP contribution < -0.4 is 4.90 Å². The van der Waals surface area contributed by atoms with Gasteiger partial charge in [-0.2, -0.15) is 0 Å². The van der Waals surface area contributed by atoms with E-state index in [1.807, 2.05) is 12.2 Å². The molecule has 1 saturated carbocycles. The maximum Gasteiger partial charge on any atom is 0.338 e. The van der Waals surface area contributed by atoms with Crippen LogP contribution in [-0.2, 0) is 19.1 Å². The number of rotatable bonds is 4. The first kappa shape index (κ1) is 18.6. The molecule has 1 heterocycles. The number of hydrogen-bond donors (Lipinski definition) is 0. The highest BCUT2D eigenvalue weighted by Crippen LogP contribution is 2.53. The maximum absolute atomic E-state index is 12.9. The second-order valence-electron chi connectivity index (χ2n) is 8.81. The summed E-state index contributed by atoms with van der Waals surface area (Å²) in [5.41, 5.74) is -0.0137. The number of fused-ring (bicyclic) bond motifs is 5. The molecular formula is C22H23NO5. The lowest BCUT2D eigenvalue weighted by molar-refractivity contribution is -0.129. The standard InChI is InChI=1S/C22H23NO5/c1-22(2,3)16(24)11-28-21(27)14-5-4-6-15(10-14)23-19(25)17-12-7-8-13(9-12)18(17)20(23)26/h4-8,10,12-13,17-18H,9,11H2,1-3H3/t12-,13+,17-,18+. The summed E-state index contributed by atoms with van der Waals surface area (Å²) < 4.78 is 5.12. The van der Waals surface area contributed by atoms with Crippen LogP contribution in [0.25, 0.3) is 0 Å². The highest BCUT2D eigenvalue weighted by Gasteiger charge is 2.59. The zero-order valence-electron chi connectivity index (χ0n) is 16.2. The maximum atomic E-state index is 12.9. The average molecular weight is 381 g/mol. The van der Waals surface area contributed by atoms with Crippen molar-refractivity contribution in [3.8, 4) is 0 Å². The Balaban J connectivity index is 1.52. The third-order valence-corrected chi connectivity index (χ3v) is 5.98. The van der Waals surface area contributed by atoms with Crippen LogP contribution in [0.4, 0.5) is 5.69 Å². The summed E-state index contributed by atoms with van der Waals surface area (Å²) in [6.07, 6.45) is 4.95. The smallest absolute Gasteiger partial charge is 0.338 e. The molecule has 1 aromatic carbocycles. The zero-order valence-corrected chi connectivity index (χ0v) is 16.2. The molecule has 146 valence electrons. The Bertz CT molecular complexity index is 880. The van der Waals surface area contributed by atoms with E-state index in [2.05, 4.69) is 0 Å². The van der Waals surface area contributed by atoms with E-state index < -0.39 is 11.4 Å². The van der Waals surface area contributed by atoms with E-state index in [9.17, 15) is 19.2 Å². The number of carbonyl (C=O) groups excluding carboxylic acids is 4. The second-order valence-corrected chi connectivity index (χ2v) is 8.81. The molecule has 3 aliphatic rings. The van der Waals surface area contributed by atoms with Gasteiger partial charge in [0, 0.05) is 5.41 Å². The number of Topliss-reactive ketones (excluding diaryl/α,β-unsaturated/α-hetero) is 1. The van der Waals surface area contributed by atoms with Crippen LogP contribution in [-0.4, -0.2) is 30.2 Å². The lowest BCUT2D eigenvalue weighted by Crippen LogP contribution is -2.33. The Labute approximate surface area is 163 Å². The molecule has 1 aliphatic heterocycles. The third-order valence-electron chi connectivity index (χ3n) is 5.98. The number of ether oxygens (including phenoxy) is 1. The van der Waals surface area contributed by atoms with Crippen LogP contribution in [0.5, 0.6) is 0 Å². The topological polar surface area (TPSA) is 80.8 Å². The van der Waals surface area contributed by atoms with Gasteiger partial charge in [0.15, 0.2) is 12.4 Å². The Hall–Kier alpha value is -2.76. The van der Waals surface area contributed by atoms with E-state index in [1.165, 1.54) is 11.0 Å². The molecule has 6 heteroatoms. The van der Waals surface area contributed by atoms with Crippen molar-refractivity contribution in [2.45, 2.75) is 27.2 Å². The first-order valence-corrected chi connectivity index (χ1v) is 9.55. The number of ketones is 1. The second kappa shape index (κ2) is 6.40. The summed E-state index contributed by atoms with van der Waals surface area (Å²) in [6, 6.07) is 6.28. The number of hydrogen-bond acceptors (Lipinski definition) is 5. The van der Waals surface area contributed by atoms with E-state index in [0.29, 0.717) is 5.69 Å². The van der Waals surface area contributed by atoms with Crippen LogP contribution in [0.1, 0.15) is 37.6 Å². The molecule has 0 radical (unpaired) electrons. The van der Waals surface area contributed by atoms with E-state index in [1.54, 1.807) is 39.0 Å². The van der Waals surface area contributed by atoms with Crippen LogP contribution in [0, 0.1) is 29.1 Å². The van der Waals surface area contributed by atoms with Gasteiger partial charge in [-0.3, -0.25) is 14.4 Å². The lowest BCUT2D eigenvalue weighted by Gasteiger charge is -2.18.